The van der Waals surface area contributed by atoms with Gasteiger partial charge >= 0.3 is 0 Å². The summed E-state index contributed by atoms with van der Waals surface area (Å²) < 4.78 is 2.01. The molecule has 0 saturated carbocycles. The number of aromatic hydroxyl groups is 1. The number of hydrogen-bond acceptors (Lipinski definition) is 11. The second kappa shape index (κ2) is 14.4. The van der Waals surface area contributed by atoms with Crippen molar-refractivity contribution in [1.29, 1.82) is 5.41 Å². The van der Waals surface area contributed by atoms with Crippen LogP contribution in [0.25, 0.3) is 28.2 Å². The number of aromatic nitrogens is 4. The lowest BCUT2D eigenvalue weighted by atomic mass is 10.1. The third-order valence-corrected chi connectivity index (χ3v) is 6.84. The maximum Gasteiger partial charge on any atom is 0.165 e. The van der Waals surface area contributed by atoms with Gasteiger partial charge in [0.15, 0.2) is 17.8 Å². The normalized spacial score (nSPS) is 11.6. The first-order valence-electron chi connectivity index (χ1n) is 13.8. The molecule has 0 saturated heterocycles. The molecule has 0 atom stereocenters. The number of aldehydes is 2. The van der Waals surface area contributed by atoms with Crippen LogP contribution in [0.3, 0.4) is 0 Å². The van der Waals surface area contributed by atoms with Crippen LogP contribution in [0.15, 0.2) is 72.0 Å². The van der Waals surface area contributed by atoms with Gasteiger partial charge in [-0.2, -0.15) is 5.10 Å². The maximum atomic E-state index is 10.2. The first-order valence-corrected chi connectivity index (χ1v) is 13.8. The number of pyridine rings is 2. The standard InChI is InChI=1S/C23H22N8.C8H6O3.CH5N/c1-26-28-13-18(24)19-9-10-20-23(29-19)31(16-8-7-14-4-2-5-15(14)12-16)22(30-20)17-6-3-11-27-21(17)25;9-4-6-1-2-8(11)7(3-6)5-10;1-2/h3,6-13,24,26H,2,4-5H2,1H3,(H2,25,27);1-5,11H;2H2,1H3/b24-18?,28-13-;;. The van der Waals surface area contributed by atoms with Gasteiger partial charge < -0.3 is 22.0 Å². The number of fused-ring (bicyclic) bond motifs is 2. The molecule has 12 heteroatoms. The molecule has 12 nitrogen and oxygen atoms in total. The first kappa shape index (κ1) is 31.2. The molecule has 0 spiro atoms. The number of nitrogen functional groups attached to an aromatic ring is 1. The summed E-state index contributed by atoms with van der Waals surface area (Å²) in [6.45, 7) is 0. The number of carbonyl (C=O) groups excluding carboxylic acids is 2. The molecule has 3 heterocycles. The van der Waals surface area contributed by atoms with Gasteiger partial charge in [-0.1, -0.05) is 6.07 Å². The number of phenols is 1. The number of nitrogens with zero attached hydrogens (tertiary/aromatic N) is 5. The Labute approximate surface area is 254 Å². The van der Waals surface area contributed by atoms with Gasteiger partial charge in [-0.25, -0.2) is 15.0 Å². The molecule has 44 heavy (non-hydrogen) atoms. The van der Waals surface area contributed by atoms with Crippen molar-refractivity contribution < 1.29 is 14.7 Å². The van der Waals surface area contributed by atoms with E-state index in [2.05, 4.69) is 39.4 Å². The van der Waals surface area contributed by atoms with Crippen LogP contribution >= 0.6 is 0 Å². The van der Waals surface area contributed by atoms with E-state index in [0.29, 0.717) is 41.1 Å². The van der Waals surface area contributed by atoms with Crippen molar-refractivity contribution in [2.24, 2.45) is 10.8 Å². The second-order valence-corrected chi connectivity index (χ2v) is 9.50. The quantitative estimate of drug-likeness (QED) is 0.106. The summed E-state index contributed by atoms with van der Waals surface area (Å²) >= 11 is 0. The van der Waals surface area contributed by atoms with E-state index in [9.17, 15) is 9.59 Å². The van der Waals surface area contributed by atoms with E-state index >= 15 is 0 Å². The van der Waals surface area contributed by atoms with Gasteiger partial charge in [0.05, 0.1) is 28.7 Å². The minimum Gasteiger partial charge on any atom is -0.507 e. The van der Waals surface area contributed by atoms with Crippen molar-refractivity contribution in [3.8, 4) is 22.8 Å². The molecule has 0 bridgehead atoms. The number of hydrogen-bond donors (Lipinski definition) is 5. The predicted molar refractivity (Wildman–Crippen MR) is 172 cm³/mol. The molecule has 2 aromatic carbocycles. The number of hydrazone groups is 1. The summed E-state index contributed by atoms with van der Waals surface area (Å²) in [5.74, 6) is 0.985. The third kappa shape index (κ3) is 6.66. The molecule has 0 amide bonds. The highest BCUT2D eigenvalue weighted by Crippen LogP contribution is 2.32. The van der Waals surface area contributed by atoms with Gasteiger partial charge in [0.2, 0.25) is 0 Å². The minimum atomic E-state index is -0.106. The largest absolute Gasteiger partial charge is 0.507 e. The lowest BCUT2D eigenvalue weighted by Crippen LogP contribution is -2.08. The molecule has 3 aromatic heterocycles. The van der Waals surface area contributed by atoms with Crippen molar-refractivity contribution in [1.82, 2.24) is 24.9 Å². The number of carbonyl (C=O) groups is 2. The molecule has 0 aliphatic heterocycles. The molecular formula is C32H33N9O3. The van der Waals surface area contributed by atoms with Crippen molar-refractivity contribution >= 4 is 41.5 Å². The fourth-order valence-corrected chi connectivity index (χ4v) is 4.77. The van der Waals surface area contributed by atoms with Crippen LogP contribution in [0, 0.1) is 5.41 Å². The van der Waals surface area contributed by atoms with E-state index in [4.69, 9.17) is 26.2 Å². The lowest BCUT2D eigenvalue weighted by Gasteiger charge is -2.12. The zero-order valence-electron chi connectivity index (χ0n) is 24.4. The monoisotopic (exact) mass is 591 g/mol. The van der Waals surface area contributed by atoms with E-state index in [1.165, 1.54) is 49.0 Å². The van der Waals surface area contributed by atoms with Crippen LogP contribution in [0.5, 0.6) is 5.75 Å². The Morgan fingerprint density at radius 1 is 1.02 bits per heavy atom. The van der Waals surface area contributed by atoms with Crippen molar-refractivity contribution in [3.05, 3.63) is 94.8 Å². The summed E-state index contributed by atoms with van der Waals surface area (Å²) in [6, 6.07) is 18.0. The van der Waals surface area contributed by atoms with Gasteiger partial charge in [0.25, 0.3) is 0 Å². The van der Waals surface area contributed by atoms with Crippen LogP contribution in [0.4, 0.5) is 5.82 Å². The zero-order chi connectivity index (χ0) is 31.6. The number of rotatable bonds is 7. The fourth-order valence-electron chi connectivity index (χ4n) is 4.77. The summed E-state index contributed by atoms with van der Waals surface area (Å²) in [5, 5.41) is 21.2. The Balaban J connectivity index is 0.000000287. The fraction of sp³-hybridized carbons (Fsp3) is 0.156. The second-order valence-electron chi connectivity index (χ2n) is 9.50. The third-order valence-electron chi connectivity index (χ3n) is 6.84. The van der Waals surface area contributed by atoms with E-state index < -0.39 is 0 Å². The molecule has 0 radical (unpaired) electrons. The van der Waals surface area contributed by atoms with Gasteiger partial charge in [-0.05, 0) is 92.0 Å². The number of benzene rings is 2. The van der Waals surface area contributed by atoms with E-state index in [0.717, 1.165) is 29.6 Å². The maximum absolute atomic E-state index is 10.2. The average molecular weight is 592 g/mol. The van der Waals surface area contributed by atoms with E-state index in [-0.39, 0.29) is 17.0 Å². The summed E-state index contributed by atoms with van der Waals surface area (Å²) in [6.07, 6.45) is 7.59. The number of nitrogens with two attached hydrogens (primary N) is 2. The van der Waals surface area contributed by atoms with E-state index in [1.807, 2.05) is 22.8 Å². The molecule has 0 unspecified atom stereocenters. The summed E-state index contributed by atoms with van der Waals surface area (Å²) in [4.78, 5) is 34.3. The number of phenolic OH excluding ortho intramolecular Hbond substituents is 1. The highest BCUT2D eigenvalue weighted by Gasteiger charge is 2.20. The molecular weight excluding hydrogens is 558 g/mol. The SMILES string of the molecule is CN.CN/N=C\C(=N)c1ccc2nc(-c3cccnc3N)n(-c3ccc4c(c3)CCC4)c2n1.O=Cc1ccc(O)c(C=O)c1. The predicted octanol–water partition coefficient (Wildman–Crippen LogP) is 3.72. The molecule has 0 fully saturated rings. The van der Waals surface area contributed by atoms with Crippen molar-refractivity contribution in [2.75, 3.05) is 19.8 Å². The van der Waals surface area contributed by atoms with Crippen LogP contribution in [0.2, 0.25) is 0 Å². The Bertz CT molecular complexity index is 1850. The molecule has 1 aliphatic carbocycles. The highest BCUT2D eigenvalue weighted by atomic mass is 16.3. The molecule has 6 rings (SSSR count). The molecule has 7 N–H and O–H groups in total. The highest BCUT2D eigenvalue weighted by molar-refractivity contribution is 6.36. The summed E-state index contributed by atoms with van der Waals surface area (Å²) in [5.41, 5.74) is 20.5. The Morgan fingerprint density at radius 2 is 1.82 bits per heavy atom. The number of nitrogens with one attached hydrogen (secondary N) is 2. The first-order chi connectivity index (χ1) is 21.4. The van der Waals surface area contributed by atoms with Crippen LogP contribution < -0.4 is 16.9 Å². The van der Waals surface area contributed by atoms with Gasteiger partial charge in [-0.15, -0.1) is 0 Å². The zero-order valence-corrected chi connectivity index (χ0v) is 24.4. The van der Waals surface area contributed by atoms with E-state index in [1.54, 1.807) is 19.3 Å². The van der Waals surface area contributed by atoms with Crippen molar-refractivity contribution in [2.45, 2.75) is 19.3 Å². The number of aryl methyl sites for hydroxylation is 2. The Kier molecular flexibility index (Phi) is 10.2. The molecule has 224 valence electrons. The van der Waals surface area contributed by atoms with Crippen LogP contribution in [0.1, 0.15) is 44.0 Å². The van der Waals surface area contributed by atoms with Crippen LogP contribution in [-0.2, 0) is 12.8 Å². The van der Waals surface area contributed by atoms with Gasteiger partial charge in [0.1, 0.15) is 23.4 Å². The number of anilines is 1. The van der Waals surface area contributed by atoms with Gasteiger partial charge in [0, 0.05) is 24.5 Å². The smallest absolute Gasteiger partial charge is 0.165 e. The number of imidazole rings is 1. The lowest BCUT2D eigenvalue weighted by molar-refractivity contribution is 0.112. The topological polar surface area (TPSA) is 198 Å². The van der Waals surface area contributed by atoms with Gasteiger partial charge in [-0.3, -0.25) is 19.6 Å². The van der Waals surface area contributed by atoms with Crippen LogP contribution in [-0.4, -0.2) is 63.2 Å². The average Bonchev–Trinajstić information content (AvgIpc) is 3.69. The Hall–Kier alpha value is -5.75. The minimum absolute atomic E-state index is 0.106. The molecule has 1 aliphatic rings. The van der Waals surface area contributed by atoms with Crippen molar-refractivity contribution in [3.63, 3.8) is 0 Å². The molecule has 5 aromatic rings. The summed E-state index contributed by atoms with van der Waals surface area (Å²) in [7, 11) is 3.19. The Morgan fingerprint density at radius 3 is 2.55 bits per heavy atom.